The molecule has 0 spiro atoms. The molecule has 0 aliphatic rings. The molecule has 27 heavy (non-hydrogen) atoms. The summed E-state index contributed by atoms with van der Waals surface area (Å²) in [6.45, 7) is 0. The van der Waals surface area contributed by atoms with E-state index >= 15 is 0 Å². The molecule has 0 amide bonds. The van der Waals surface area contributed by atoms with Gasteiger partial charge in [0.25, 0.3) is 0 Å². The van der Waals surface area contributed by atoms with Gasteiger partial charge in [0.1, 0.15) is 0 Å². The Kier molecular flexibility index (Phi) is 5.38. The number of ether oxygens (including phenoxy) is 1. The van der Waals surface area contributed by atoms with Crippen LogP contribution >= 0.6 is 23.2 Å². The molecule has 0 saturated heterocycles. The van der Waals surface area contributed by atoms with Crippen LogP contribution in [0.15, 0.2) is 42.7 Å². The van der Waals surface area contributed by atoms with E-state index in [4.69, 9.17) is 27.9 Å². The molecule has 0 atom stereocenters. The minimum atomic E-state index is -4.54. The quantitative estimate of drug-likeness (QED) is 0.600. The number of benzene rings is 1. The fourth-order valence-corrected chi connectivity index (χ4v) is 2.59. The lowest BCUT2D eigenvalue weighted by Crippen LogP contribution is -2.06. The molecule has 1 aromatic carbocycles. The summed E-state index contributed by atoms with van der Waals surface area (Å²) in [7, 11) is 1.37. The van der Waals surface area contributed by atoms with Crippen molar-refractivity contribution < 1.29 is 17.9 Å². The van der Waals surface area contributed by atoms with E-state index in [0.29, 0.717) is 16.9 Å². The zero-order chi connectivity index (χ0) is 19.6. The Morgan fingerprint density at radius 2 is 1.74 bits per heavy atom. The third kappa shape index (κ3) is 4.40. The number of hydrogen-bond acceptors (Lipinski definition) is 5. The van der Waals surface area contributed by atoms with E-state index < -0.39 is 11.7 Å². The first kappa shape index (κ1) is 19.2. The van der Waals surface area contributed by atoms with Crippen LogP contribution in [0.4, 0.5) is 24.8 Å². The standard InChI is InChI=1S/C17H11Cl2F3N4O/c1-27-15-12(14-13(19)6-9(7-23-14)17(20,21)22)8-24-16(26-15)25-11-4-2-10(18)3-5-11/h2-8H,1H3,(H,24,25,26). The van der Waals surface area contributed by atoms with E-state index in [1.807, 2.05) is 0 Å². The van der Waals surface area contributed by atoms with Crippen molar-refractivity contribution in [1.82, 2.24) is 15.0 Å². The molecular formula is C17H11Cl2F3N4O. The normalized spacial score (nSPS) is 11.3. The molecular weight excluding hydrogens is 404 g/mol. The second-order valence-electron chi connectivity index (χ2n) is 5.30. The maximum atomic E-state index is 12.8. The Labute approximate surface area is 162 Å². The fourth-order valence-electron chi connectivity index (χ4n) is 2.20. The van der Waals surface area contributed by atoms with E-state index in [1.165, 1.54) is 13.3 Å². The van der Waals surface area contributed by atoms with Gasteiger partial charge in [0.05, 0.1) is 29.0 Å². The van der Waals surface area contributed by atoms with Crippen LogP contribution in [0.3, 0.4) is 0 Å². The highest BCUT2D eigenvalue weighted by atomic mass is 35.5. The summed E-state index contributed by atoms with van der Waals surface area (Å²) in [5.74, 6) is 0.330. The van der Waals surface area contributed by atoms with Gasteiger partial charge in [-0.3, -0.25) is 4.98 Å². The first-order valence-corrected chi connectivity index (χ1v) is 8.20. The third-order valence-corrected chi connectivity index (χ3v) is 4.01. The monoisotopic (exact) mass is 414 g/mol. The fraction of sp³-hybridized carbons (Fsp3) is 0.118. The summed E-state index contributed by atoms with van der Waals surface area (Å²) >= 11 is 11.8. The summed E-state index contributed by atoms with van der Waals surface area (Å²) in [6, 6.07) is 7.66. The number of hydrogen-bond donors (Lipinski definition) is 1. The number of methoxy groups -OCH3 is 1. The molecule has 0 bridgehead atoms. The lowest BCUT2D eigenvalue weighted by atomic mass is 10.1. The van der Waals surface area contributed by atoms with Gasteiger partial charge >= 0.3 is 6.18 Å². The van der Waals surface area contributed by atoms with Gasteiger partial charge in [0.2, 0.25) is 11.8 Å². The number of rotatable bonds is 4. The minimum Gasteiger partial charge on any atom is -0.480 e. The van der Waals surface area contributed by atoms with E-state index in [1.54, 1.807) is 24.3 Å². The van der Waals surface area contributed by atoms with Crippen LogP contribution in [0, 0.1) is 0 Å². The SMILES string of the molecule is COc1nc(Nc2ccc(Cl)cc2)ncc1-c1ncc(C(F)(F)F)cc1Cl. The summed E-state index contributed by atoms with van der Waals surface area (Å²) in [6.07, 6.45) is -2.48. The average Bonchev–Trinajstić information content (AvgIpc) is 2.63. The van der Waals surface area contributed by atoms with E-state index in [0.717, 1.165) is 6.07 Å². The van der Waals surface area contributed by atoms with Crippen LogP contribution in [-0.2, 0) is 6.18 Å². The highest BCUT2D eigenvalue weighted by molar-refractivity contribution is 6.33. The third-order valence-electron chi connectivity index (χ3n) is 3.47. The molecule has 3 rings (SSSR count). The molecule has 0 aliphatic carbocycles. The smallest absolute Gasteiger partial charge is 0.417 e. The van der Waals surface area contributed by atoms with E-state index in [2.05, 4.69) is 20.3 Å². The molecule has 2 aromatic heterocycles. The Bertz CT molecular complexity index is 965. The highest BCUT2D eigenvalue weighted by Gasteiger charge is 2.32. The van der Waals surface area contributed by atoms with Crippen molar-refractivity contribution in [3.63, 3.8) is 0 Å². The van der Waals surface area contributed by atoms with Gasteiger partial charge in [-0.25, -0.2) is 4.98 Å². The minimum absolute atomic E-state index is 0.0829. The number of aromatic nitrogens is 3. The largest absolute Gasteiger partial charge is 0.480 e. The number of anilines is 2. The van der Waals surface area contributed by atoms with Crippen LogP contribution in [0.1, 0.15) is 5.56 Å². The lowest BCUT2D eigenvalue weighted by Gasteiger charge is -2.12. The van der Waals surface area contributed by atoms with Gasteiger partial charge < -0.3 is 10.1 Å². The molecule has 2 heterocycles. The van der Waals surface area contributed by atoms with Crippen molar-refractivity contribution >= 4 is 34.8 Å². The van der Waals surface area contributed by atoms with Crippen LogP contribution in [0.25, 0.3) is 11.3 Å². The van der Waals surface area contributed by atoms with Crippen molar-refractivity contribution in [1.29, 1.82) is 0 Å². The molecule has 1 N–H and O–H groups in total. The van der Waals surface area contributed by atoms with Crippen LogP contribution < -0.4 is 10.1 Å². The van der Waals surface area contributed by atoms with Crippen LogP contribution in [0.2, 0.25) is 10.0 Å². The lowest BCUT2D eigenvalue weighted by molar-refractivity contribution is -0.137. The number of nitrogens with zero attached hydrogens (tertiary/aromatic N) is 3. The van der Waals surface area contributed by atoms with Gasteiger partial charge in [-0.15, -0.1) is 0 Å². The number of nitrogens with one attached hydrogen (secondary N) is 1. The Hall–Kier alpha value is -2.58. The average molecular weight is 415 g/mol. The first-order chi connectivity index (χ1) is 12.8. The number of pyridine rings is 1. The molecule has 0 unspecified atom stereocenters. The molecule has 0 fully saturated rings. The van der Waals surface area contributed by atoms with E-state index in [9.17, 15) is 13.2 Å². The predicted octanol–water partition coefficient (Wildman–Crippen LogP) is 5.62. The molecule has 0 aliphatic heterocycles. The first-order valence-electron chi connectivity index (χ1n) is 7.44. The summed E-state index contributed by atoms with van der Waals surface area (Å²) in [5, 5.41) is 3.36. The maximum absolute atomic E-state index is 12.8. The van der Waals surface area contributed by atoms with Gasteiger partial charge in [-0.1, -0.05) is 23.2 Å². The Balaban J connectivity index is 1.94. The molecule has 0 radical (unpaired) electrons. The van der Waals surface area contributed by atoms with Gasteiger partial charge in [0.15, 0.2) is 0 Å². The number of alkyl halides is 3. The molecule has 140 valence electrons. The summed E-state index contributed by atoms with van der Waals surface area (Å²) in [4.78, 5) is 12.1. The predicted molar refractivity (Wildman–Crippen MR) is 96.6 cm³/mol. The Morgan fingerprint density at radius 1 is 1.04 bits per heavy atom. The molecule has 10 heteroatoms. The maximum Gasteiger partial charge on any atom is 0.417 e. The summed E-state index contributed by atoms with van der Waals surface area (Å²) < 4.78 is 43.5. The van der Waals surface area contributed by atoms with Crippen molar-refractivity contribution in [3.05, 3.63) is 58.3 Å². The van der Waals surface area contributed by atoms with Crippen molar-refractivity contribution in [2.24, 2.45) is 0 Å². The second-order valence-corrected chi connectivity index (χ2v) is 6.14. The van der Waals surface area contributed by atoms with E-state index in [-0.39, 0.29) is 28.1 Å². The zero-order valence-corrected chi connectivity index (χ0v) is 15.2. The Morgan fingerprint density at radius 3 is 2.33 bits per heavy atom. The van der Waals surface area contributed by atoms with Crippen LogP contribution in [-0.4, -0.2) is 22.1 Å². The molecule has 0 saturated carbocycles. The highest BCUT2D eigenvalue weighted by Crippen LogP contribution is 2.36. The van der Waals surface area contributed by atoms with Gasteiger partial charge in [-0.05, 0) is 30.3 Å². The van der Waals surface area contributed by atoms with Crippen molar-refractivity contribution in [2.75, 3.05) is 12.4 Å². The summed E-state index contributed by atoms with van der Waals surface area (Å²) in [5.41, 5.74) is 0.0921. The van der Waals surface area contributed by atoms with Crippen molar-refractivity contribution in [2.45, 2.75) is 6.18 Å². The molecule has 3 aromatic rings. The molecule has 5 nitrogen and oxygen atoms in total. The zero-order valence-electron chi connectivity index (χ0n) is 13.7. The number of halogens is 5. The van der Waals surface area contributed by atoms with Crippen LogP contribution in [0.5, 0.6) is 5.88 Å². The van der Waals surface area contributed by atoms with Gasteiger partial charge in [-0.2, -0.15) is 18.2 Å². The van der Waals surface area contributed by atoms with Gasteiger partial charge in [0, 0.05) is 23.1 Å². The van der Waals surface area contributed by atoms with Crippen molar-refractivity contribution in [3.8, 4) is 17.1 Å². The second kappa shape index (κ2) is 7.58. The topological polar surface area (TPSA) is 59.9 Å².